The fourth-order valence-corrected chi connectivity index (χ4v) is 4.23. The second-order valence-corrected chi connectivity index (χ2v) is 7.98. The van der Waals surface area contributed by atoms with Crippen LogP contribution in [0.15, 0.2) is 61.4 Å². The van der Waals surface area contributed by atoms with E-state index in [1.807, 2.05) is 35.9 Å². The zero-order chi connectivity index (χ0) is 23.1. The summed E-state index contributed by atoms with van der Waals surface area (Å²) < 4.78 is 22.2. The van der Waals surface area contributed by atoms with Crippen LogP contribution in [0.4, 0.5) is 15.9 Å². The van der Waals surface area contributed by atoms with E-state index in [0.717, 1.165) is 16.8 Å². The molecule has 0 atom stereocenters. The van der Waals surface area contributed by atoms with E-state index < -0.39 is 0 Å². The first kappa shape index (κ1) is 20.8. The smallest absolute Gasteiger partial charge is 0.247 e. The molecule has 8 heteroatoms. The predicted molar refractivity (Wildman–Crippen MR) is 126 cm³/mol. The molecular formula is C25H22FN5O2. The number of nitrogens with two attached hydrogens (primary N) is 1. The molecule has 0 unspecified atom stereocenters. The molecule has 2 aromatic carbocycles. The molecule has 2 aromatic heterocycles. The van der Waals surface area contributed by atoms with Crippen molar-refractivity contribution in [2.45, 2.75) is 5.92 Å². The number of nitrogens with one attached hydrogen (secondary N) is 1. The molecule has 3 N–H and O–H groups in total. The van der Waals surface area contributed by atoms with Gasteiger partial charge in [0.25, 0.3) is 0 Å². The van der Waals surface area contributed by atoms with Crippen LogP contribution in [0.25, 0.3) is 33.4 Å². The second-order valence-electron chi connectivity index (χ2n) is 7.98. The Morgan fingerprint density at radius 1 is 1.21 bits per heavy atom. The standard InChI is InChI=1S/C25H22FN5O2/c1-3-20(32)30-17-7-4-14(5-8-17)23-21(22-24(27)28-13-29-25(22)31(23)2)15-6-9-18(19(26)10-15)16-11-33-12-16/h3-10,13,16H,1,11-12H2,2H3,(H,30,32)(H2,27,28,29). The number of fused-ring (bicyclic) bond motifs is 1. The van der Waals surface area contributed by atoms with Gasteiger partial charge in [-0.2, -0.15) is 0 Å². The summed E-state index contributed by atoms with van der Waals surface area (Å²) in [5.74, 6) is -0.161. The molecule has 4 aromatic rings. The van der Waals surface area contributed by atoms with Crippen molar-refractivity contribution in [3.63, 3.8) is 0 Å². The van der Waals surface area contributed by atoms with Crippen LogP contribution >= 0.6 is 0 Å². The van der Waals surface area contributed by atoms with Gasteiger partial charge in [-0.1, -0.05) is 30.8 Å². The highest BCUT2D eigenvalue weighted by molar-refractivity contribution is 6.08. The molecule has 0 spiro atoms. The van der Waals surface area contributed by atoms with Crippen LogP contribution < -0.4 is 11.1 Å². The number of amides is 1. The Morgan fingerprint density at radius 3 is 2.58 bits per heavy atom. The average molecular weight is 443 g/mol. The summed E-state index contributed by atoms with van der Waals surface area (Å²) in [5.41, 5.74) is 11.3. The number of carbonyl (C=O) groups is 1. The van der Waals surface area contributed by atoms with Crippen LogP contribution in [0.2, 0.25) is 0 Å². The molecule has 1 amide bonds. The summed E-state index contributed by atoms with van der Waals surface area (Å²) in [4.78, 5) is 20.2. The largest absolute Gasteiger partial charge is 0.383 e. The Morgan fingerprint density at radius 2 is 1.94 bits per heavy atom. The number of carbonyl (C=O) groups excluding carboxylic acids is 1. The van der Waals surface area contributed by atoms with Gasteiger partial charge in [0, 0.05) is 24.2 Å². The Bertz CT molecular complexity index is 1390. The predicted octanol–water partition coefficient (Wildman–Crippen LogP) is 4.26. The summed E-state index contributed by atoms with van der Waals surface area (Å²) in [6.45, 7) is 4.53. The first-order chi connectivity index (χ1) is 16.0. The summed E-state index contributed by atoms with van der Waals surface area (Å²) in [6.07, 6.45) is 2.63. The summed E-state index contributed by atoms with van der Waals surface area (Å²) in [7, 11) is 1.89. The lowest BCUT2D eigenvalue weighted by Crippen LogP contribution is -2.25. The summed E-state index contributed by atoms with van der Waals surface area (Å²) in [6, 6.07) is 12.6. The van der Waals surface area contributed by atoms with Crippen LogP contribution in [0.3, 0.4) is 0 Å². The molecule has 5 rings (SSSR count). The Hall–Kier alpha value is -4.04. The number of ether oxygens (including phenoxy) is 1. The number of benzene rings is 2. The van der Waals surface area contributed by atoms with Crippen molar-refractivity contribution in [2.75, 3.05) is 24.3 Å². The molecule has 1 saturated heterocycles. The molecule has 7 nitrogen and oxygen atoms in total. The molecular weight excluding hydrogens is 421 g/mol. The fraction of sp³-hybridized carbons (Fsp3) is 0.160. The molecule has 0 saturated carbocycles. The van der Waals surface area contributed by atoms with Crippen molar-refractivity contribution in [3.8, 4) is 22.4 Å². The Labute approximate surface area is 189 Å². The number of hydrogen-bond donors (Lipinski definition) is 2. The SMILES string of the molecule is C=CC(=O)Nc1ccc(-c2c(-c3ccc(C4COC4)c(F)c3)c3c(N)ncnc3n2C)cc1. The third-order valence-electron chi connectivity index (χ3n) is 5.97. The van der Waals surface area contributed by atoms with E-state index in [9.17, 15) is 4.79 Å². The number of hydrogen-bond acceptors (Lipinski definition) is 5. The highest BCUT2D eigenvalue weighted by Crippen LogP contribution is 2.42. The number of aromatic nitrogens is 3. The first-order valence-electron chi connectivity index (χ1n) is 10.5. The molecule has 0 bridgehead atoms. The second kappa shape index (κ2) is 8.14. The van der Waals surface area contributed by atoms with Crippen molar-refractivity contribution in [1.82, 2.24) is 14.5 Å². The summed E-state index contributed by atoms with van der Waals surface area (Å²) in [5, 5.41) is 3.40. The number of rotatable bonds is 5. The average Bonchev–Trinajstić information content (AvgIpc) is 3.08. The minimum absolute atomic E-state index is 0.0813. The highest BCUT2D eigenvalue weighted by atomic mass is 19.1. The highest BCUT2D eigenvalue weighted by Gasteiger charge is 2.26. The van der Waals surface area contributed by atoms with Gasteiger partial charge in [0.2, 0.25) is 5.91 Å². The maximum atomic E-state index is 15.1. The monoisotopic (exact) mass is 443 g/mol. The van der Waals surface area contributed by atoms with E-state index in [-0.39, 0.29) is 17.6 Å². The van der Waals surface area contributed by atoms with Gasteiger partial charge in [-0.25, -0.2) is 14.4 Å². The van der Waals surface area contributed by atoms with Crippen LogP contribution in [-0.4, -0.2) is 33.7 Å². The molecule has 3 heterocycles. The topological polar surface area (TPSA) is 95.1 Å². The third-order valence-corrected chi connectivity index (χ3v) is 5.97. The van der Waals surface area contributed by atoms with Crippen LogP contribution in [0.1, 0.15) is 11.5 Å². The van der Waals surface area contributed by atoms with Crippen molar-refractivity contribution >= 4 is 28.4 Å². The van der Waals surface area contributed by atoms with Crippen LogP contribution in [0.5, 0.6) is 0 Å². The van der Waals surface area contributed by atoms with Crippen LogP contribution in [0, 0.1) is 5.82 Å². The van der Waals surface area contributed by atoms with Crippen molar-refractivity contribution in [3.05, 3.63) is 72.8 Å². The van der Waals surface area contributed by atoms with Crippen molar-refractivity contribution in [1.29, 1.82) is 0 Å². The molecule has 0 aliphatic carbocycles. The van der Waals surface area contributed by atoms with Gasteiger partial charge in [-0.15, -0.1) is 0 Å². The third kappa shape index (κ3) is 3.54. The fourth-order valence-electron chi connectivity index (χ4n) is 4.23. The molecule has 33 heavy (non-hydrogen) atoms. The van der Waals surface area contributed by atoms with Gasteiger partial charge in [-0.3, -0.25) is 4.79 Å². The molecule has 1 fully saturated rings. The number of nitrogen functional groups attached to an aromatic ring is 1. The lowest BCUT2D eigenvalue weighted by molar-refractivity contribution is -0.111. The summed E-state index contributed by atoms with van der Waals surface area (Å²) >= 11 is 0. The van der Waals surface area contributed by atoms with Crippen molar-refractivity contribution in [2.24, 2.45) is 7.05 Å². The molecule has 1 aliphatic rings. The van der Waals surface area contributed by atoms with Gasteiger partial charge in [0.1, 0.15) is 23.6 Å². The Kier molecular flexibility index (Phi) is 5.14. The Balaban J connectivity index is 1.68. The zero-order valence-electron chi connectivity index (χ0n) is 18.0. The minimum atomic E-state index is -0.288. The molecule has 166 valence electrons. The van der Waals surface area contributed by atoms with E-state index in [1.54, 1.807) is 12.1 Å². The number of aryl methyl sites for hydroxylation is 1. The van der Waals surface area contributed by atoms with E-state index >= 15 is 4.39 Å². The van der Waals surface area contributed by atoms with E-state index in [2.05, 4.69) is 21.9 Å². The van der Waals surface area contributed by atoms with Crippen LogP contribution in [-0.2, 0) is 16.6 Å². The van der Waals surface area contributed by atoms with E-state index in [4.69, 9.17) is 10.5 Å². The zero-order valence-corrected chi connectivity index (χ0v) is 18.0. The van der Waals surface area contributed by atoms with Gasteiger partial charge in [0.15, 0.2) is 0 Å². The first-order valence-corrected chi connectivity index (χ1v) is 10.5. The maximum absolute atomic E-state index is 15.1. The number of anilines is 2. The quantitative estimate of drug-likeness (QED) is 0.450. The lowest BCUT2D eigenvalue weighted by Gasteiger charge is -2.26. The van der Waals surface area contributed by atoms with Gasteiger partial charge < -0.3 is 20.4 Å². The normalized spacial score (nSPS) is 13.6. The minimum Gasteiger partial charge on any atom is -0.383 e. The van der Waals surface area contributed by atoms with Gasteiger partial charge >= 0.3 is 0 Å². The molecule has 0 radical (unpaired) electrons. The lowest BCUT2D eigenvalue weighted by atomic mass is 9.92. The number of halogens is 1. The molecule has 1 aliphatic heterocycles. The van der Waals surface area contributed by atoms with Crippen molar-refractivity contribution < 1.29 is 13.9 Å². The maximum Gasteiger partial charge on any atom is 0.247 e. The van der Waals surface area contributed by atoms with Gasteiger partial charge in [0.05, 0.1) is 24.3 Å². The number of nitrogens with zero attached hydrogens (tertiary/aromatic N) is 3. The van der Waals surface area contributed by atoms with E-state index in [1.165, 1.54) is 18.5 Å². The van der Waals surface area contributed by atoms with Gasteiger partial charge in [-0.05, 0) is 41.0 Å². The van der Waals surface area contributed by atoms with E-state index in [0.29, 0.717) is 46.9 Å².